The molecule has 1 fully saturated rings. The molecule has 1 aliphatic heterocycles. The second-order valence-electron chi connectivity index (χ2n) is 6.52. The number of nitrogens with one attached hydrogen (secondary N) is 1. The normalized spacial score (nSPS) is 17.0. The number of aromatic nitrogens is 1. The molecule has 1 aromatic heterocycles. The van der Waals surface area contributed by atoms with E-state index in [2.05, 4.69) is 10.3 Å². The fraction of sp³-hybridized carbons (Fsp3) is 0.421. The lowest BCUT2D eigenvalue weighted by molar-refractivity contribution is -0.120. The van der Waals surface area contributed by atoms with Crippen LogP contribution in [-0.2, 0) is 11.3 Å². The number of carbonyl (C=O) groups excluding carboxylic acids is 2. The molecular formula is C19H21ClFN3O2S. The van der Waals surface area contributed by atoms with Crippen LogP contribution in [-0.4, -0.2) is 34.8 Å². The summed E-state index contributed by atoms with van der Waals surface area (Å²) in [5.41, 5.74) is 1.02. The second-order valence-corrected chi connectivity index (χ2v) is 7.82. The maximum absolute atomic E-state index is 13.5. The number of hydrogen-bond acceptors (Lipinski definition) is 4. The van der Waals surface area contributed by atoms with E-state index >= 15 is 0 Å². The van der Waals surface area contributed by atoms with Gasteiger partial charge in [0, 0.05) is 30.8 Å². The molecule has 1 N–H and O–H groups in total. The van der Waals surface area contributed by atoms with Gasteiger partial charge in [0.1, 0.15) is 5.82 Å². The Balaban J connectivity index is 1.67. The third-order valence-corrected chi connectivity index (χ3v) is 5.96. The van der Waals surface area contributed by atoms with Crippen molar-refractivity contribution in [1.82, 2.24) is 15.2 Å². The van der Waals surface area contributed by atoms with Crippen LogP contribution in [0.4, 0.5) is 4.39 Å². The van der Waals surface area contributed by atoms with Crippen LogP contribution in [0.1, 0.15) is 53.2 Å². The van der Waals surface area contributed by atoms with Gasteiger partial charge in [-0.25, -0.2) is 9.37 Å². The molecule has 0 bridgehead atoms. The molecule has 0 unspecified atom stereocenters. The molecule has 2 amide bonds. The highest BCUT2D eigenvalue weighted by atomic mass is 35.5. The molecule has 0 saturated carbocycles. The summed E-state index contributed by atoms with van der Waals surface area (Å²) in [5.74, 6) is -0.604. The van der Waals surface area contributed by atoms with Crippen molar-refractivity contribution in [2.75, 3.05) is 13.1 Å². The Morgan fingerprint density at radius 1 is 1.44 bits per heavy atom. The summed E-state index contributed by atoms with van der Waals surface area (Å²) >= 11 is 7.62. The standard InChI is InChI=1S/C19H21ClFN3O2S/c1-2-17(25)22-9-14-11-27-18(23-14)12-4-3-7-24(10-12)19(26)15-8-13(21)5-6-16(15)20/h5-6,8,11-12H,2-4,7,9-10H2,1H3,(H,22,25)/t12-/m0/s1. The van der Waals surface area contributed by atoms with Gasteiger partial charge < -0.3 is 10.2 Å². The van der Waals surface area contributed by atoms with Gasteiger partial charge in [0.15, 0.2) is 0 Å². The van der Waals surface area contributed by atoms with Crippen molar-refractivity contribution in [1.29, 1.82) is 0 Å². The van der Waals surface area contributed by atoms with Gasteiger partial charge in [-0.15, -0.1) is 11.3 Å². The fourth-order valence-electron chi connectivity index (χ4n) is 3.10. The van der Waals surface area contributed by atoms with Crippen LogP contribution in [0.2, 0.25) is 5.02 Å². The third kappa shape index (κ3) is 4.84. The number of rotatable bonds is 5. The Kier molecular flexibility index (Phi) is 6.44. The highest BCUT2D eigenvalue weighted by molar-refractivity contribution is 7.09. The van der Waals surface area contributed by atoms with E-state index in [4.69, 9.17) is 11.6 Å². The topological polar surface area (TPSA) is 62.3 Å². The third-order valence-electron chi connectivity index (χ3n) is 4.57. The molecule has 2 aromatic rings. The lowest BCUT2D eigenvalue weighted by atomic mass is 9.98. The molecule has 1 aliphatic rings. The van der Waals surface area contributed by atoms with Crippen molar-refractivity contribution in [3.8, 4) is 0 Å². The maximum atomic E-state index is 13.5. The number of thiazole rings is 1. The molecule has 0 radical (unpaired) electrons. The van der Waals surface area contributed by atoms with Crippen molar-refractivity contribution in [3.63, 3.8) is 0 Å². The molecular weight excluding hydrogens is 389 g/mol. The first kappa shape index (κ1) is 19.8. The first-order valence-corrected chi connectivity index (χ1v) is 10.2. The Bertz CT molecular complexity index is 842. The molecule has 3 rings (SSSR count). The molecule has 0 aliphatic carbocycles. The van der Waals surface area contributed by atoms with Crippen molar-refractivity contribution in [3.05, 3.63) is 50.7 Å². The second kappa shape index (κ2) is 8.80. The lowest BCUT2D eigenvalue weighted by Gasteiger charge is -2.32. The zero-order valence-electron chi connectivity index (χ0n) is 15.0. The van der Waals surface area contributed by atoms with E-state index in [1.54, 1.807) is 23.2 Å². The van der Waals surface area contributed by atoms with E-state index in [-0.39, 0.29) is 28.3 Å². The van der Waals surface area contributed by atoms with Crippen LogP contribution in [0, 0.1) is 5.82 Å². The summed E-state index contributed by atoms with van der Waals surface area (Å²) in [6, 6.07) is 3.84. The molecule has 1 saturated heterocycles. The minimum absolute atomic E-state index is 0.00837. The summed E-state index contributed by atoms with van der Waals surface area (Å²) in [6.07, 6.45) is 2.24. The Hall–Kier alpha value is -1.99. The van der Waals surface area contributed by atoms with Crippen molar-refractivity contribution < 1.29 is 14.0 Å². The number of piperidine rings is 1. The average Bonchev–Trinajstić information content (AvgIpc) is 3.16. The number of halogens is 2. The van der Waals surface area contributed by atoms with E-state index in [9.17, 15) is 14.0 Å². The van der Waals surface area contributed by atoms with E-state index in [0.29, 0.717) is 26.1 Å². The van der Waals surface area contributed by atoms with Crippen molar-refractivity contribution in [2.45, 2.75) is 38.6 Å². The number of likely N-dealkylation sites (tertiary alicyclic amines) is 1. The number of hydrogen-bond donors (Lipinski definition) is 1. The molecule has 1 aromatic carbocycles. The maximum Gasteiger partial charge on any atom is 0.255 e. The van der Waals surface area contributed by atoms with Gasteiger partial charge in [0.2, 0.25) is 5.91 Å². The predicted molar refractivity (Wildman–Crippen MR) is 104 cm³/mol. The van der Waals surface area contributed by atoms with E-state index in [0.717, 1.165) is 23.5 Å². The summed E-state index contributed by atoms with van der Waals surface area (Å²) in [4.78, 5) is 30.5. The van der Waals surface area contributed by atoms with Gasteiger partial charge in [0.05, 0.1) is 27.8 Å². The highest BCUT2D eigenvalue weighted by Gasteiger charge is 2.28. The van der Waals surface area contributed by atoms with Crippen LogP contribution < -0.4 is 5.32 Å². The van der Waals surface area contributed by atoms with Gasteiger partial charge in [-0.2, -0.15) is 0 Å². The zero-order valence-corrected chi connectivity index (χ0v) is 16.6. The molecule has 2 heterocycles. The molecule has 1 atom stereocenters. The van der Waals surface area contributed by atoms with Gasteiger partial charge in [-0.1, -0.05) is 18.5 Å². The van der Waals surface area contributed by atoms with Crippen LogP contribution in [0.15, 0.2) is 23.6 Å². The van der Waals surface area contributed by atoms with Crippen LogP contribution in [0.3, 0.4) is 0 Å². The number of carbonyl (C=O) groups is 2. The monoisotopic (exact) mass is 409 g/mol. The first-order chi connectivity index (χ1) is 13.0. The molecule has 27 heavy (non-hydrogen) atoms. The smallest absolute Gasteiger partial charge is 0.255 e. The van der Waals surface area contributed by atoms with E-state index < -0.39 is 5.82 Å². The van der Waals surface area contributed by atoms with E-state index in [1.807, 2.05) is 5.38 Å². The van der Waals surface area contributed by atoms with Crippen molar-refractivity contribution in [2.24, 2.45) is 0 Å². The van der Waals surface area contributed by atoms with Crippen LogP contribution in [0.5, 0.6) is 0 Å². The van der Waals surface area contributed by atoms with Gasteiger partial charge in [-0.3, -0.25) is 9.59 Å². The van der Waals surface area contributed by atoms with Crippen molar-refractivity contribution >= 4 is 34.8 Å². The first-order valence-electron chi connectivity index (χ1n) is 8.93. The summed E-state index contributed by atoms with van der Waals surface area (Å²) in [7, 11) is 0. The van der Waals surface area contributed by atoms with E-state index in [1.165, 1.54) is 18.2 Å². The molecule has 5 nitrogen and oxygen atoms in total. The van der Waals surface area contributed by atoms with Crippen LogP contribution in [0.25, 0.3) is 0 Å². The summed E-state index contributed by atoms with van der Waals surface area (Å²) in [6.45, 7) is 3.37. The fourth-order valence-corrected chi connectivity index (χ4v) is 4.25. The van der Waals surface area contributed by atoms with Gasteiger partial charge >= 0.3 is 0 Å². The van der Waals surface area contributed by atoms with Crippen LogP contribution >= 0.6 is 22.9 Å². The van der Waals surface area contributed by atoms with Gasteiger partial charge in [-0.05, 0) is 31.0 Å². The SMILES string of the molecule is CCC(=O)NCc1csc([C@H]2CCCN(C(=O)c3cc(F)ccc3Cl)C2)n1. The lowest BCUT2D eigenvalue weighted by Crippen LogP contribution is -2.39. The largest absolute Gasteiger partial charge is 0.350 e. The molecule has 0 spiro atoms. The average molecular weight is 410 g/mol. The minimum Gasteiger partial charge on any atom is -0.350 e. The predicted octanol–water partition coefficient (Wildman–Crippen LogP) is 3.98. The Morgan fingerprint density at radius 2 is 2.26 bits per heavy atom. The zero-order chi connectivity index (χ0) is 19.4. The minimum atomic E-state index is -0.477. The Morgan fingerprint density at radius 3 is 3.04 bits per heavy atom. The van der Waals surface area contributed by atoms with Gasteiger partial charge in [0.25, 0.3) is 5.91 Å². The highest BCUT2D eigenvalue weighted by Crippen LogP contribution is 2.31. The number of amides is 2. The quantitative estimate of drug-likeness (QED) is 0.812. The Labute approximate surface area is 166 Å². The summed E-state index contributed by atoms with van der Waals surface area (Å²) in [5, 5.41) is 5.97. The molecule has 144 valence electrons. The molecule has 8 heteroatoms. The summed E-state index contributed by atoms with van der Waals surface area (Å²) < 4.78 is 13.5. The number of benzene rings is 1. The number of nitrogens with zero attached hydrogens (tertiary/aromatic N) is 2.